The Bertz CT molecular complexity index is 616. The number of carbonyl (C=O) groups excluding carboxylic acids is 2. The van der Waals surface area contributed by atoms with Crippen molar-refractivity contribution in [2.75, 3.05) is 25.0 Å². The summed E-state index contributed by atoms with van der Waals surface area (Å²) in [5.41, 5.74) is -0.0531. The molecule has 2 aliphatic rings. The van der Waals surface area contributed by atoms with Gasteiger partial charge in [-0.2, -0.15) is 0 Å². The molecule has 2 heterocycles. The number of nitrogens with one attached hydrogen (secondary N) is 1. The van der Waals surface area contributed by atoms with E-state index in [1.807, 2.05) is 0 Å². The summed E-state index contributed by atoms with van der Waals surface area (Å²) >= 11 is 0. The fraction of sp³-hybridized carbons (Fsp3) is 0.500. The van der Waals surface area contributed by atoms with E-state index in [1.165, 1.54) is 18.2 Å². The van der Waals surface area contributed by atoms with Crippen molar-refractivity contribution in [2.45, 2.75) is 31.0 Å². The Morgan fingerprint density at radius 3 is 2.91 bits per heavy atom. The first kappa shape index (κ1) is 15.9. The van der Waals surface area contributed by atoms with Gasteiger partial charge in [-0.05, 0) is 31.0 Å². The third-order valence-corrected chi connectivity index (χ3v) is 4.28. The topological polar surface area (TPSA) is 78.9 Å². The Labute approximate surface area is 133 Å². The number of halogens is 1. The molecule has 3 rings (SSSR count). The van der Waals surface area contributed by atoms with Gasteiger partial charge in [0.25, 0.3) is 5.91 Å². The number of benzene rings is 1. The van der Waals surface area contributed by atoms with Crippen LogP contribution in [0.4, 0.5) is 10.1 Å². The zero-order valence-electron chi connectivity index (χ0n) is 12.6. The molecule has 6 nitrogen and oxygen atoms in total. The van der Waals surface area contributed by atoms with Crippen molar-refractivity contribution in [3.8, 4) is 0 Å². The lowest BCUT2D eigenvalue weighted by molar-refractivity contribution is -0.168. The number of aliphatic hydroxyl groups excluding tert-OH is 1. The van der Waals surface area contributed by atoms with Crippen LogP contribution in [0.1, 0.15) is 19.3 Å². The molecule has 0 aliphatic carbocycles. The predicted molar refractivity (Wildman–Crippen MR) is 80.2 cm³/mol. The van der Waals surface area contributed by atoms with Gasteiger partial charge in [0.2, 0.25) is 5.91 Å². The monoisotopic (exact) mass is 322 g/mol. The second-order valence-corrected chi connectivity index (χ2v) is 6.05. The molecule has 2 aliphatic heterocycles. The van der Waals surface area contributed by atoms with Crippen molar-refractivity contribution in [3.63, 3.8) is 0 Å². The fourth-order valence-electron chi connectivity index (χ4n) is 3.10. The number of ether oxygens (including phenoxy) is 1. The van der Waals surface area contributed by atoms with Crippen molar-refractivity contribution in [2.24, 2.45) is 0 Å². The van der Waals surface area contributed by atoms with Crippen molar-refractivity contribution < 1.29 is 23.8 Å². The quantitative estimate of drug-likeness (QED) is 0.863. The second kappa shape index (κ2) is 6.25. The standard InChI is InChI=1S/C16H19FN2O4/c17-11-2-1-3-12(8-11)18-15(22)13-4-6-16(23-13)9-19(10-16)14(21)5-7-20/h1-3,8,13,20H,4-7,9-10H2,(H,18,22). The number of hydrogen-bond acceptors (Lipinski definition) is 4. The summed E-state index contributed by atoms with van der Waals surface area (Å²) in [5, 5.41) is 11.4. The Morgan fingerprint density at radius 2 is 2.22 bits per heavy atom. The number of likely N-dealkylation sites (tertiary alicyclic amines) is 1. The molecule has 1 spiro atoms. The smallest absolute Gasteiger partial charge is 0.253 e. The zero-order valence-corrected chi connectivity index (χ0v) is 12.6. The van der Waals surface area contributed by atoms with Crippen molar-refractivity contribution >= 4 is 17.5 Å². The molecule has 1 aromatic carbocycles. The number of aliphatic hydroxyl groups is 1. The van der Waals surface area contributed by atoms with Gasteiger partial charge < -0.3 is 20.1 Å². The Morgan fingerprint density at radius 1 is 1.43 bits per heavy atom. The van der Waals surface area contributed by atoms with Crippen LogP contribution in [0.2, 0.25) is 0 Å². The van der Waals surface area contributed by atoms with E-state index >= 15 is 0 Å². The van der Waals surface area contributed by atoms with Gasteiger partial charge in [-0.3, -0.25) is 9.59 Å². The first-order valence-electron chi connectivity index (χ1n) is 7.64. The summed E-state index contributed by atoms with van der Waals surface area (Å²) in [6.45, 7) is 0.743. The van der Waals surface area contributed by atoms with E-state index < -0.39 is 17.5 Å². The minimum absolute atomic E-state index is 0.102. The molecule has 7 heteroatoms. The van der Waals surface area contributed by atoms with Gasteiger partial charge in [0.1, 0.15) is 17.5 Å². The van der Waals surface area contributed by atoms with Gasteiger partial charge in [0, 0.05) is 12.1 Å². The van der Waals surface area contributed by atoms with Crippen LogP contribution in [0, 0.1) is 5.82 Å². The molecule has 2 saturated heterocycles. The number of rotatable bonds is 4. The fourth-order valence-corrected chi connectivity index (χ4v) is 3.10. The molecule has 1 unspecified atom stereocenters. The number of amides is 2. The molecule has 124 valence electrons. The van der Waals surface area contributed by atoms with Gasteiger partial charge in [-0.25, -0.2) is 4.39 Å². The minimum atomic E-state index is -0.589. The Kier molecular flexibility index (Phi) is 4.32. The highest BCUT2D eigenvalue weighted by atomic mass is 19.1. The molecule has 0 bridgehead atoms. The maximum Gasteiger partial charge on any atom is 0.253 e. The van der Waals surface area contributed by atoms with Crippen LogP contribution in [0.3, 0.4) is 0 Å². The number of hydrogen-bond donors (Lipinski definition) is 2. The van der Waals surface area contributed by atoms with Crippen molar-refractivity contribution in [1.82, 2.24) is 4.90 Å². The van der Waals surface area contributed by atoms with Crippen LogP contribution in [0.25, 0.3) is 0 Å². The Hall–Kier alpha value is -1.99. The molecule has 2 amide bonds. The normalized spacial score (nSPS) is 22.0. The van der Waals surface area contributed by atoms with Crippen LogP contribution in [-0.2, 0) is 14.3 Å². The minimum Gasteiger partial charge on any atom is -0.396 e. The summed E-state index contributed by atoms with van der Waals surface area (Å²) in [6, 6.07) is 5.70. The molecule has 2 fully saturated rings. The van der Waals surface area contributed by atoms with Crippen molar-refractivity contribution in [3.05, 3.63) is 30.1 Å². The lowest BCUT2D eigenvalue weighted by atomic mass is 9.90. The molecular weight excluding hydrogens is 303 g/mol. The van der Waals surface area contributed by atoms with E-state index in [9.17, 15) is 14.0 Å². The van der Waals surface area contributed by atoms with E-state index in [2.05, 4.69) is 5.32 Å². The summed E-state index contributed by atoms with van der Waals surface area (Å²) in [4.78, 5) is 25.5. The van der Waals surface area contributed by atoms with Gasteiger partial charge in [0.05, 0.1) is 19.7 Å². The summed E-state index contributed by atoms with van der Waals surface area (Å²) in [7, 11) is 0. The van der Waals surface area contributed by atoms with Gasteiger partial charge in [-0.1, -0.05) is 6.07 Å². The van der Waals surface area contributed by atoms with Gasteiger partial charge in [0.15, 0.2) is 0 Å². The SMILES string of the molecule is O=C(Nc1cccc(F)c1)C1CCC2(CN(C(=O)CCO)C2)O1. The lowest BCUT2D eigenvalue weighted by Crippen LogP contribution is -2.63. The number of carbonyl (C=O) groups is 2. The number of nitrogens with zero attached hydrogens (tertiary/aromatic N) is 1. The molecule has 0 radical (unpaired) electrons. The maximum absolute atomic E-state index is 13.1. The zero-order chi connectivity index (χ0) is 16.4. The van der Waals surface area contributed by atoms with Gasteiger partial charge >= 0.3 is 0 Å². The van der Waals surface area contributed by atoms with Crippen LogP contribution < -0.4 is 5.32 Å². The molecule has 1 aromatic rings. The van der Waals surface area contributed by atoms with Crippen molar-refractivity contribution in [1.29, 1.82) is 0 Å². The van der Waals surface area contributed by atoms with Crippen LogP contribution in [0.5, 0.6) is 0 Å². The lowest BCUT2D eigenvalue weighted by Gasteiger charge is -2.47. The highest BCUT2D eigenvalue weighted by molar-refractivity contribution is 5.94. The predicted octanol–water partition coefficient (Wildman–Crippen LogP) is 0.907. The highest BCUT2D eigenvalue weighted by Crippen LogP contribution is 2.38. The van der Waals surface area contributed by atoms with E-state index in [0.29, 0.717) is 31.6 Å². The molecule has 1 atom stereocenters. The average Bonchev–Trinajstić information content (AvgIpc) is 2.91. The van der Waals surface area contributed by atoms with E-state index in [0.717, 1.165) is 0 Å². The summed E-state index contributed by atoms with van der Waals surface area (Å²) in [5.74, 6) is -0.814. The third-order valence-electron chi connectivity index (χ3n) is 4.28. The Balaban J connectivity index is 1.52. The van der Waals surface area contributed by atoms with Crippen LogP contribution >= 0.6 is 0 Å². The molecule has 2 N–H and O–H groups in total. The summed E-state index contributed by atoms with van der Waals surface area (Å²) < 4.78 is 19.0. The first-order valence-corrected chi connectivity index (χ1v) is 7.64. The van der Waals surface area contributed by atoms with E-state index in [4.69, 9.17) is 9.84 Å². The molecule has 0 saturated carbocycles. The molecular formula is C16H19FN2O4. The van der Waals surface area contributed by atoms with E-state index in [1.54, 1.807) is 11.0 Å². The largest absolute Gasteiger partial charge is 0.396 e. The third kappa shape index (κ3) is 3.35. The average molecular weight is 322 g/mol. The second-order valence-electron chi connectivity index (χ2n) is 6.05. The molecule has 0 aromatic heterocycles. The maximum atomic E-state index is 13.1. The van der Waals surface area contributed by atoms with Crippen LogP contribution in [-0.4, -0.2) is 53.2 Å². The summed E-state index contributed by atoms with van der Waals surface area (Å²) in [6.07, 6.45) is 0.799. The number of anilines is 1. The highest BCUT2D eigenvalue weighted by Gasteiger charge is 2.52. The van der Waals surface area contributed by atoms with Gasteiger partial charge in [-0.15, -0.1) is 0 Å². The van der Waals surface area contributed by atoms with Crippen LogP contribution in [0.15, 0.2) is 24.3 Å². The first-order chi connectivity index (χ1) is 11.0. The van der Waals surface area contributed by atoms with E-state index in [-0.39, 0.29) is 24.8 Å². The molecule has 23 heavy (non-hydrogen) atoms.